The zero-order valence-electron chi connectivity index (χ0n) is 57.9. The molecule has 45 nitrogen and oxygen atoms in total. The van der Waals surface area contributed by atoms with Gasteiger partial charge in [-0.1, -0.05) is 0 Å². The topological polar surface area (TPSA) is 721 Å². The minimum absolute atomic E-state index is 0. The second kappa shape index (κ2) is 42.3. The fraction of sp³-hybridized carbons (Fsp3) is 0.0392. The Morgan fingerprint density at radius 1 is 0.438 bits per heavy atom. The number of nitrogens with one attached hydrogen (secondary N) is 5. The Labute approximate surface area is 814 Å². The summed E-state index contributed by atoms with van der Waals surface area (Å²) in [6, 6.07) is 10.7. The zero-order chi connectivity index (χ0) is 75.9. The first-order valence-corrected chi connectivity index (χ1v) is 36.3. The Morgan fingerprint density at radius 2 is 0.786 bits per heavy atom. The minimum atomic E-state index is -5.61. The first-order chi connectivity index (χ1) is 48.5. The number of hydrogen-bond donors (Lipinski definition) is 6. The Balaban J connectivity index is 0.00000532. The van der Waals surface area contributed by atoms with Crippen molar-refractivity contribution in [2.75, 3.05) is 15.3 Å². The van der Waals surface area contributed by atoms with E-state index in [-0.39, 0.29) is 265 Å². The predicted molar refractivity (Wildman–Crippen MR) is 332 cm³/mol. The first-order valence-electron chi connectivity index (χ1n) is 27.0. The van der Waals surface area contributed by atoms with Crippen molar-refractivity contribution < 1.29 is 349 Å². The molecule has 0 bridgehead atoms. The third-order valence-corrected chi connectivity index (χ3v) is 18.7. The molecule has 6 aromatic carbocycles. The molecule has 2 amide bonds. The number of hydrogen-bond acceptors (Lipinski definition) is 37. The maximum absolute atomic E-state index is 13.4. The SMILES string of the molecule is O=C([O-])C1=NN(c2ccc(S(=O)(=O)[O-])cc2)C(=O)C1N=Nc1cc(N=c2nc(Cl)[nH]c(=Nc3ccc(N=C([O-])Nc4ccc(N=c5[nH]c(Cl)nc(=Nc6ccc(S(=O)(=O)[O-])c(N=NC7C(=O)N(c8ccc(S(=O)(=O)[O-])cc8)N=C7C(=O)[O-])c6)[nH]5)cc4S(=O)(=O)O)c(S(=O)(=O)[O-])c3)[nH]2)ccc1S(=O)(=O)[O-].[Na+].[Na+].[Na+].[Na+].[Na+].[Na+].[Na+].[Na+]. The van der Waals surface area contributed by atoms with Crippen molar-refractivity contribution in [3.8, 4) is 0 Å². The van der Waals surface area contributed by atoms with Gasteiger partial charge in [-0.15, -0.1) is 0 Å². The number of aliphatic imine (C=N–C) groups is 1. The number of aliphatic carboxylic acids is 2. The summed E-state index contributed by atoms with van der Waals surface area (Å²) in [6.07, 6.45) is 0. The van der Waals surface area contributed by atoms with E-state index in [0.717, 1.165) is 97.1 Å². The monoisotopic (exact) mass is 1770 g/mol. The number of nitrogens with zero attached hydrogens (tertiary/aromatic N) is 15. The van der Waals surface area contributed by atoms with Crippen molar-refractivity contribution in [1.29, 1.82) is 0 Å². The number of halogens is 2. The number of aromatic amines is 4. The summed E-state index contributed by atoms with van der Waals surface area (Å²) < 4.78 is 216. The molecule has 2 aliphatic rings. The maximum atomic E-state index is 13.4. The van der Waals surface area contributed by atoms with E-state index in [1.54, 1.807) is 0 Å². The van der Waals surface area contributed by atoms with Crippen molar-refractivity contribution in [3.63, 3.8) is 0 Å². The van der Waals surface area contributed by atoms with Gasteiger partial charge in [-0.3, -0.25) is 24.1 Å². The molecule has 0 fully saturated rings. The summed E-state index contributed by atoms with van der Waals surface area (Å²) in [6.45, 7) is 0. The summed E-state index contributed by atoms with van der Waals surface area (Å²) in [5.41, 5.74) is -9.27. The van der Waals surface area contributed by atoms with Crippen LogP contribution < -0.4 is 290 Å². The average molecular weight is 1770 g/mol. The number of anilines is 3. The van der Waals surface area contributed by atoms with E-state index >= 15 is 0 Å². The van der Waals surface area contributed by atoms with Crippen LogP contribution in [0.25, 0.3) is 0 Å². The molecule has 112 heavy (non-hydrogen) atoms. The summed E-state index contributed by atoms with van der Waals surface area (Å²) >= 11 is 12.3. The normalized spacial score (nSPS) is 15.3. The number of H-pyrrole nitrogens is 4. The van der Waals surface area contributed by atoms with Gasteiger partial charge in [-0.2, -0.15) is 59.1 Å². The summed E-state index contributed by atoms with van der Waals surface area (Å²) in [5.74, 6) is -6.67. The molecule has 4 heterocycles. The smallest absolute Gasteiger partial charge is 0.846 e. The number of carbonyl (C=O) groups is 4. The molecular weight excluding hydrogens is 1740 g/mol. The molecule has 2 aromatic heterocycles. The number of aromatic nitrogens is 6. The van der Waals surface area contributed by atoms with E-state index in [1.807, 2.05) is 5.32 Å². The van der Waals surface area contributed by atoms with Gasteiger partial charge in [-0.25, -0.2) is 67.1 Å². The second-order valence-corrected chi connectivity index (χ2v) is 29.0. The zero-order valence-corrected chi connectivity index (χ0v) is 80.3. The van der Waals surface area contributed by atoms with Gasteiger partial charge >= 0.3 is 236 Å². The van der Waals surface area contributed by atoms with Crippen LogP contribution in [-0.2, 0) is 79.9 Å². The van der Waals surface area contributed by atoms with Crippen molar-refractivity contribution >= 4 is 182 Å². The Hall–Kier alpha value is -3.73. The molecule has 540 valence electrons. The molecule has 6 N–H and O–H groups in total. The van der Waals surface area contributed by atoms with E-state index in [2.05, 4.69) is 85.5 Å². The van der Waals surface area contributed by atoms with Gasteiger partial charge in [0.1, 0.15) is 78.3 Å². The van der Waals surface area contributed by atoms with Crippen LogP contribution in [0, 0.1) is 0 Å². The summed E-state index contributed by atoms with van der Waals surface area (Å²) in [4.78, 5) is 82.5. The van der Waals surface area contributed by atoms with E-state index < -0.39 is 205 Å². The summed E-state index contributed by atoms with van der Waals surface area (Å²) in [5, 5.41) is 60.9. The van der Waals surface area contributed by atoms with Crippen molar-refractivity contribution in [2.24, 2.45) is 55.6 Å². The molecule has 10 rings (SSSR count). The van der Waals surface area contributed by atoms with Gasteiger partial charge in [0.25, 0.3) is 21.9 Å². The van der Waals surface area contributed by atoms with Crippen molar-refractivity contribution in [1.82, 2.24) is 29.9 Å². The maximum Gasteiger partial charge on any atom is 1.00 e. The van der Waals surface area contributed by atoms with Gasteiger partial charge in [0.2, 0.25) is 33.0 Å². The van der Waals surface area contributed by atoms with Gasteiger partial charge in [0.05, 0.1) is 87.9 Å². The number of rotatable bonds is 20. The number of amides is 2. The number of carbonyl (C=O) groups excluding carboxylic acids is 4. The molecule has 8 aromatic rings. The Morgan fingerprint density at radius 3 is 1.13 bits per heavy atom. The largest absolute Gasteiger partial charge is 1.00 e. The van der Waals surface area contributed by atoms with Crippen LogP contribution >= 0.6 is 23.2 Å². The second-order valence-electron chi connectivity index (χ2n) is 20.1. The fourth-order valence-corrected chi connectivity index (χ4v) is 12.5. The number of benzene rings is 6. The molecule has 2 unspecified atom stereocenters. The van der Waals surface area contributed by atoms with Crippen LogP contribution in [0.5, 0.6) is 0 Å². The molecule has 0 saturated carbocycles. The van der Waals surface area contributed by atoms with Gasteiger partial charge in [0, 0.05) is 0 Å². The van der Waals surface area contributed by atoms with Gasteiger partial charge < -0.3 is 63.0 Å². The molecule has 61 heteroatoms. The molecule has 0 spiro atoms. The Kier molecular flexibility index (Phi) is 39.4. The summed E-state index contributed by atoms with van der Waals surface area (Å²) in [7, 11) is -31.7. The van der Waals surface area contributed by atoms with Crippen molar-refractivity contribution in [2.45, 2.75) is 41.5 Å². The van der Waals surface area contributed by atoms with Crippen LogP contribution in [0.2, 0.25) is 10.6 Å². The first kappa shape index (κ1) is 104. The molecule has 0 radical (unpaired) electrons. The molecule has 2 atom stereocenters. The quantitative estimate of drug-likeness (QED) is 0.0136. The molecule has 0 saturated heterocycles. The van der Waals surface area contributed by atoms with Crippen LogP contribution in [-0.4, -0.2) is 161 Å². The third kappa shape index (κ3) is 26.6. The molecule has 2 aliphatic heterocycles. The number of carboxylic acid groups (broad SMARTS) is 2. The van der Waals surface area contributed by atoms with Crippen molar-refractivity contribution in [3.05, 3.63) is 154 Å². The number of azo groups is 2. The van der Waals surface area contributed by atoms with E-state index in [1.165, 1.54) is 0 Å². The minimum Gasteiger partial charge on any atom is -0.846 e. The van der Waals surface area contributed by atoms with Crippen LogP contribution in [0.4, 0.5) is 56.9 Å². The standard InChI is InChI=1S/C51H36Cl2N20O25S6.8Na/c52-45-60-47(54-21-3-15-33(101(87,88)89)31(17-21)66-68-37-39(43(76)77)70-72(41(37)74)25-5-9-27(10-6-25)99(81,82)83)64-49(62-45)56-23-1-13-29(35(19-23)103(93,94)95)58-51(80)59-30-14-2-24(20-36(30)104(96,97)98)57-50-63-46(53)61-48(65-50)55-22-4-16-34(102(90,91)92)32(18-22)67-69-38-40(44(78)79)71-73(42(38)75)26-7-11-28(12-8-26)100(84,85)86;;;;;;;;/h1-20,37-38H,(H,76,77)(H,78,79)(H2,58,59,80)(H,81,82,83)(H,84,85,86)(H,87,88,89)(H,90,91,92)(H,93,94,95)(H,96,97,98)(H2,54,56,60,62,64)(H2,55,57,61,63,65);;;;;;;;/q;8*+1/p-8. The van der Waals surface area contributed by atoms with E-state index in [4.69, 9.17) is 23.2 Å². The fourth-order valence-electron chi connectivity index (χ4n) is 8.75. The van der Waals surface area contributed by atoms with E-state index in [0.29, 0.717) is 34.3 Å². The number of amidine groups is 1. The van der Waals surface area contributed by atoms with Crippen LogP contribution in [0.15, 0.2) is 206 Å². The van der Waals surface area contributed by atoms with E-state index in [9.17, 15) is 112 Å². The predicted octanol–water partition coefficient (Wildman–Crippen LogP) is -26.5. The van der Waals surface area contributed by atoms with Crippen LogP contribution in [0.3, 0.4) is 0 Å². The third-order valence-electron chi connectivity index (χ3n) is 13.1. The number of hydrazone groups is 2. The average Bonchev–Trinajstić information content (AvgIpc) is 1.63. The van der Waals surface area contributed by atoms with Crippen LogP contribution in [0.1, 0.15) is 0 Å². The van der Waals surface area contributed by atoms with Gasteiger partial charge in [-0.05, 0) is 145 Å². The molecular formula is C51H28Cl2N20Na8O25S6. The molecule has 0 aliphatic carbocycles. The number of carboxylic acids is 2. The Bertz CT molecular complexity index is 6270. The van der Waals surface area contributed by atoms with Gasteiger partial charge in [0.15, 0.2) is 12.1 Å².